The zero-order valence-electron chi connectivity index (χ0n) is 18.7. The zero-order chi connectivity index (χ0) is 26.7. The summed E-state index contributed by atoms with van der Waals surface area (Å²) >= 11 is 2.24. The average molecular weight is 572 g/mol. The second-order valence-corrected chi connectivity index (χ2v) is 11.4. The second-order valence-electron chi connectivity index (χ2n) is 7.86. The molecule has 6 N–H and O–H groups in total. The van der Waals surface area contributed by atoms with Crippen molar-refractivity contribution < 1.29 is 37.6 Å². The van der Waals surface area contributed by atoms with Gasteiger partial charge in [0.2, 0.25) is 5.16 Å². The summed E-state index contributed by atoms with van der Waals surface area (Å²) in [5.74, 6) is -2.71. The van der Waals surface area contributed by atoms with Gasteiger partial charge in [0, 0.05) is 17.5 Å². The van der Waals surface area contributed by atoms with Gasteiger partial charge in [-0.25, -0.2) is 9.89 Å². The number of β-lactam (4-membered cyclic amide) rings is 1. The number of amides is 2. The predicted octanol–water partition coefficient (Wildman–Crippen LogP) is -1.08. The van der Waals surface area contributed by atoms with Gasteiger partial charge in [-0.2, -0.15) is 13.1 Å². The Morgan fingerprint density at radius 1 is 1.30 bits per heavy atom. The monoisotopic (exact) mass is 571 g/mol. The summed E-state index contributed by atoms with van der Waals surface area (Å²) in [5, 5.41) is 34.8. The summed E-state index contributed by atoms with van der Waals surface area (Å²) < 4.78 is 33.1. The molecule has 0 bridgehead atoms. The van der Waals surface area contributed by atoms with Crippen molar-refractivity contribution in [3.05, 3.63) is 47.2 Å². The fraction of sp³-hybridized carbons (Fsp3) is 0.368. The Morgan fingerprint density at radius 3 is 2.65 bits per heavy atom. The molecule has 4 rings (SSSR count). The summed E-state index contributed by atoms with van der Waals surface area (Å²) in [5.41, 5.74) is 0.364. The lowest BCUT2D eigenvalue weighted by Crippen LogP contribution is -2.71. The van der Waals surface area contributed by atoms with E-state index in [1.807, 2.05) is 4.72 Å². The minimum absolute atomic E-state index is 0.0357. The highest BCUT2D eigenvalue weighted by atomic mass is 32.2. The number of nitrogens with one attached hydrogen (secondary N) is 3. The van der Waals surface area contributed by atoms with Crippen LogP contribution >= 0.6 is 23.5 Å². The van der Waals surface area contributed by atoms with Crippen LogP contribution in [-0.2, 0) is 24.7 Å². The predicted molar refractivity (Wildman–Crippen MR) is 129 cm³/mol. The maximum Gasteiger partial charge on any atom is 0.352 e. The van der Waals surface area contributed by atoms with E-state index in [1.54, 1.807) is 30.3 Å². The smallest absolute Gasteiger partial charge is 0.352 e. The van der Waals surface area contributed by atoms with Crippen LogP contribution in [0.15, 0.2) is 46.8 Å². The maximum absolute atomic E-state index is 13.0. The van der Waals surface area contributed by atoms with Crippen LogP contribution in [0.25, 0.3) is 0 Å². The third-order valence-electron chi connectivity index (χ3n) is 5.52. The first-order valence-electron chi connectivity index (χ1n) is 10.6. The number of fused-ring (bicyclic) bond motifs is 1. The quantitative estimate of drug-likeness (QED) is 0.107. The van der Waals surface area contributed by atoms with Crippen molar-refractivity contribution >= 4 is 51.6 Å². The maximum atomic E-state index is 13.0. The molecule has 4 atom stereocenters. The molecular formula is C19H21N7O8S3. The Morgan fingerprint density at radius 2 is 2.03 bits per heavy atom. The molecule has 3 unspecified atom stereocenters. The molecule has 2 amide bonds. The van der Waals surface area contributed by atoms with E-state index < -0.39 is 50.9 Å². The number of benzene rings is 1. The summed E-state index contributed by atoms with van der Waals surface area (Å²) in [6.07, 6.45) is -1.47. The van der Waals surface area contributed by atoms with E-state index in [1.165, 1.54) is 11.8 Å². The molecule has 2 aromatic rings. The van der Waals surface area contributed by atoms with Gasteiger partial charge in [0.1, 0.15) is 17.1 Å². The van der Waals surface area contributed by atoms with E-state index in [9.17, 15) is 33.0 Å². The molecule has 1 saturated heterocycles. The highest BCUT2D eigenvalue weighted by molar-refractivity contribution is 8.01. The number of aromatic nitrogens is 4. The Kier molecular flexibility index (Phi) is 8.14. The van der Waals surface area contributed by atoms with E-state index in [-0.39, 0.29) is 29.6 Å². The van der Waals surface area contributed by atoms with Crippen molar-refractivity contribution in [1.29, 1.82) is 0 Å². The van der Waals surface area contributed by atoms with E-state index >= 15 is 0 Å². The van der Waals surface area contributed by atoms with Crippen molar-refractivity contribution in [2.45, 2.75) is 34.3 Å². The summed E-state index contributed by atoms with van der Waals surface area (Å²) in [4.78, 5) is 38.9. The van der Waals surface area contributed by atoms with E-state index in [0.717, 1.165) is 16.7 Å². The van der Waals surface area contributed by atoms with Crippen LogP contribution < -0.4 is 10.0 Å². The number of aliphatic carboxylic acids is 1. The molecule has 0 spiro atoms. The third kappa shape index (κ3) is 6.11. The van der Waals surface area contributed by atoms with Gasteiger partial charge in [0.15, 0.2) is 6.10 Å². The van der Waals surface area contributed by atoms with Crippen molar-refractivity contribution in [3.63, 3.8) is 0 Å². The normalized spacial score (nSPS) is 21.1. The van der Waals surface area contributed by atoms with E-state index in [0.29, 0.717) is 11.1 Å². The van der Waals surface area contributed by atoms with Crippen molar-refractivity contribution in [2.24, 2.45) is 0 Å². The topological polar surface area (TPSA) is 228 Å². The first kappa shape index (κ1) is 27.0. The first-order chi connectivity index (χ1) is 17.6. The largest absolute Gasteiger partial charge is 0.477 e. The van der Waals surface area contributed by atoms with E-state index in [4.69, 9.17) is 4.55 Å². The van der Waals surface area contributed by atoms with Gasteiger partial charge in [-0.1, -0.05) is 42.1 Å². The number of carboxylic acids is 1. The molecule has 0 aliphatic carbocycles. The summed E-state index contributed by atoms with van der Waals surface area (Å²) in [6.45, 7) is -0.230. The minimum Gasteiger partial charge on any atom is -0.477 e. The first-order valence-corrected chi connectivity index (χ1v) is 14.0. The molecule has 0 radical (unpaired) electrons. The van der Waals surface area contributed by atoms with Crippen LogP contribution in [0.3, 0.4) is 0 Å². The van der Waals surface area contributed by atoms with Gasteiger partial charge < -0.3 is 15.5 Å². The van der Waals surface area contributed by atoms with Gasteiger partial charge >= 0.3 is 16.3 Å². The van der Waals surface area contributed by atoms with Crippen molar-refractivity contribution in [1.82, 2.24) is 35.6 Å². The van der Waals surface area contributed by atoms with Crippen molar-refractivity contribution in [2.75, 3.05) is 12.3 Å². The number of H-pyrrole nitrogens is 1. The van der Waals surface area contributed by atoms with Gasteiger partial charge in [-0.3, -0.25) is 19.0 Å². The third-order valence-corrected chi connectivity index (χ3v) is 8.59. The van der Waals surface area contributed by atoms with Crippen molar-refractivity contribution in [3.8, 4) is 0 Å². The summed E-state index contributed by atoms with van der Waals surface area (Å²) in [7, 11) is -4.48. The molecule has 1 aromatic heterocycles. The molecule has 2 aliphatic heterocycles. The molecular weight excluding hydrogens is 550 g/mol. The molecule has 0 saturated carbocycles. The molecule has 1 aromatic carbocycles. The average Bonchev–Trinajstić information content (AvgIpc) is 3.38. The van der Waals surface area contributed by atoms with Crippen LogP contribution in [0.4, 0.5) is 0 Å². The van der Waals surface area contributed by atoms with Crippen LogP contribution in [0.5, 0.6) is 0 Å². The molecule has 18 heteroatoms. The fourth-order valence-corrected chi connectivity index (χ4v) is 6.79. The van der Waals surface area contributed by atoms with Gasteiger partial charge in [-0.15, -0.1) is 16.9 Å². The molecule has 15 nitrogen and oxygen atoms in total. The minimum atomic E-state index is -4.48. The molecule has 198 valence electrons. The van der Waals surface area contributed by atoms with Crippen LogP contribution in [0.2, 0.25) is 0 Å². The lowest BCUT2D eigenvalue weighted by Gasteiger charge is -2.50. The number of thioether (sulfide) groups is 2. The van der Waals surface area contributed by atoms with Gasteiger partial charge in [-0.05, 0) is 28.0 Å². The van der Waals surface area contributed by atoms with Crippen LogP contribution in [0.1, 0.15) is 18.1 Å². The van der Waals surface area contributed by atoms with Gasteiger partial charge in [0.25, 0.3) is 11.8 Å². The Labute approximate surface area is 218 Å². The number of carbonyl (C=O) groups excluding carboxylic acids is 2. The number of rotatable bonds is 11. The number of hydrogen-bond donors (Lipinski definition) is 6. The highest BCUT2D eigenvalue weighted by Gasteiger charge is 2.55. The summed E-state index contributed by atoms with van der Waals surface area (Å²) in [6, 6.07) is 7.10. The molecule has 3 heterocycles. The number of aliphatic hydroxyl groups is 1. The van der Waals surface area contributed by atoms with E-state index in [2.05, 4.69) is 25.9 Å². The Balaban J connectivity index is 1.54. The SMILES string of the molecule is O=C(O)C1=C(C(CCNS(=O)(=O)O)Sc2nnn[nH]2)CS[C@H]2C(NC(=O)C(O)c3ccccc3)C(=O)N12. The molecule has 1 fully saturated rings. The number of hydrogen-bond acceptors (Lipinski definition) is 11. The lowest BCUT2D eigenvalue weighted by molar-refractivity contribution is -0.151. The lowest BCUT2D eigenvalue weighted by atomic mass is 9.99. The Hall–Kier alpha value is -3.03. The molecule has 37 heavy (non-hydrogen) atoms. The van der Waals surface area contributed by atoms with Crippen LogP contribution in [0, 0.1) is 0 Å². The number of aliphatic hydroxyl groups excluding tert-OH is 1. The number of tetrazole rings is 1. The highest BCUT2D eigenvalue weighted by Crippen LogP contribution is 2.44. The standard InChI is InChI=1S/C19H21N7O8S3/c27-14(9-4-2-1-3-5-9)15(28)21-12-16(29)26-13(18(30)31)10(8-35-17(12)26)11(6-7-20-37(32,33)34)36-19-22-24-25-23-19/h1-5,11-12,14,17,20,27H,6-8H2,(H,21,28)(H,30,31)(H,32,33,34)(H,22,23,24,25)/t11?,12?,14?,17-/m0/s1. The zero-order valence-corrected chi connectivity index (χ0v) is 21.2. The number of carboxylic acid groups (broad SMARTS) is 1. The number of carbonyl (C=O) groups is 3. The molecule has 2 aliphatic rings. The number of nitrogens with zero attached hydrogens (tertiary/aromatic N) is 4. The van der Waals surface area contributed by atoms with Crippen LogP contribution in [-0.4, -0.2) is 95.5 Å². The number of aromatic amines is 1. The second kappa shape index (κ2) is 11.2. The Bertz CT molecular complexity index is 1310. The fourth-order valence-electron chi connectivity index (χ4n) is 3.87. The van der Waals surface area contributed by atoms with Gasteiger partial charge in [0.05, 0.1) is 0 Å².